The molecule has 164 valence electrons. The Morgan fingerprint density at radius 3 is 1.68 bits per heavy atom. The highest BCUT2D eigenvalue weighted by atomic mass is 19.3. The minimum atomic E-state index is -3.76. The van der Waals surface area contributed by atoms with Crippen molar-refractivity contribution < 1.29 is 48.7 Å². The zero-order valence-electron chi connectivity index (χ0n) is 14.3. The summed E-state index contributed by atoms with van der Waals surface area (Å²) in [5.74, 6) is -20.6. The molecule has 4 nitrogen and oxygen atoms in total. The number of carbonyl (C=O) groups is 1. The highest BCUT2D eigenvalue weighted by Crippen LogP contribution is 2.28. The summed E-state index contributed by atoms with van der Waals surface area (Å²) >= 11 is 0. The standard InChI is InChI=1S/C17H4F10N2O2/c18-4-1-3(2-5(19)7(4)20)15(30)6-13(16(26)27)28-29(17(6)31)14-11(24)9(22)8(21)10(23)12(14)25/h1-2,16,28H. The molecule has 14 heteroatoms. The molecule has 0 unspecified atom stereocenters. The van der Waals surface area contributed by atoms with Gasteiger partial charge in [0.2, 0.25) is 11.6 Å². The summed E-state index contributed by atoms with van der Waals surface area (Å²) in [7, 11) is 0. The number of H-pyrrole nitrogens is 1. The maximum Gasteiger partial charge on any atom is 0.283 e. The van der Waals surface area contributed by atoms with Crippen LogP contribution in [0.3, 0.4) is 0 Å². The second-order valence-corrected chi connectivity index (χ2v) is 5.84. The van der Waals surface area contributed by atoms with Crippen LogP contribution in [0.15, 0.2) is 16.9 Å². The number of ketones is 1. The van der Waals surface area contributed by atoms with E-state index in [4.69, 9.17) is 0 Å². The summed E-state index contributed by atoms with van der Waals surface area (Å²) in [5.41, 5.74) is -8.50. The lowest BCUT2D eigenvalue weighted by molar-refractivity contribution is 0.102. The minimum absolute atomic E-state index is 0.0468. The Kier molecular flexibility index (Phi) is 5.42. The first-order valence-corrected chi connectivity index (χ1v) is 7.72. The Morgan fingerprint density at radius 1 is 0.774 bits per heavy atom. The van der Waals surface area contributed by atoms with Gasteiger partial charge in [-0.25, -0.2) is 48.6 Å². The number of alkyl halides is 2. The molecule has 0 saturated carbocycles. The monoisotopic (exact) mass is 458 g/mol. The van der Waals surface area contributed by atoms with Crippen LogP contribution in [-0.4, -0.2) is 15.6 Å². The van der Waals surface area contributed by atoms with Gasteiger partial charge in [0.15, 0.2) is 40.7 Å². The summed E-state index contributed by atoms with van der Waals surface area (Å²) in [6.07, 6.45) is -3.76. The van der Waals surface area contributed by atoms with Crippen molar-refractivity contribution >= 4 is 5.78 Å². The molecule has 1 N–H and O–H groups in total. The summed E-state index contributed by atoms with van der Waals surface area (Å²) in [6, 6.07) is 0.0936. The number of rotatable bonds is 4. The Hall–Kier alpha value is -3.58. The largest absolute Gasteiger partial charge is 0.288 e. The molecule has 0 amide bonds. The van der Waals surface area contributed by atoms with Gasteiger partial charge in [-0.1, -0.05) is 0 Å². The van der Waals surface area contributed by atoms with Gasteiger partial charge in [-0.15, -0.1) is 0 Å². The van der Waals surface area contributed by atoms with E-state index in [0.717, 1.165) is 0 Å². The number of halogens is 10. The lowest BCUT2D eigenvalue weighted by Gasteiger charge is -2.08. The predicted molar refractivity (Wildman–Crippen MR) is 80.9 cm³/mol. The number of carbonyl (C=O) groups excluding carboxylic acids is 1. The van der Waals surface area contributed by atoms with Crippen molar-refractivity contribution in [2.45, 2.75) is 6.43 Å². The first-order valence-electron chi connectivity index (χ1n) is 7.72. The molecule has 1 heterocycles. The molecular weight excluding hydrogens is 454 g/mol. The van der Waals surface area contributed by atoms with Crippen molar-refractivity contribution in [2.24, 2.45) is 0 Å². The Balaban J connectivity index is 2.33. The van der Waals surface area contributed by atoms with Gasteiger partial charge in [0.25, 0.3) is 12.0 Å². The lowest BCUT2D eigenvalue weighted by atomic mass is 10.0. The Bertz CT molecular complexity index is 1240. The van der Waals surface area contributed by atoms with Crippen molar-refractivity contribution in [3.8, 4) is 5.69 Å². The predicted octanol–water partition coefficient (Wildman–Crippen LogP) is 4.45. The van der Waals surface area contributed by atoms with Crippen LogP contribution in [-0.2, 0) is 0 Å². The van der Waals surface area contributed by atoms with E-state index < -0.39 is 91.5 Å². The minimum Gasteiger partial charge on any atom is -0.288 e. The van der Waals surface area contributed by atoms with Gasteiger partial charge >= 0.3 is 0 Å². The molecule has 0 bridgehead atoms. The van der Waals surface area contributed by atoms with Gasteiger partial charge in [0.1, 0.15) is 16.9 Å². The molecule has 0 saturated heterocycles. The van der Waals surface area contributed by atoms with Crippen molar-refractivity contribution in [3.63, 3.8) is 0 Å². The molecule has 0 atom stereocenters. The van der Waals surface area contributed by atoms with Crippen LogP contribution in [0, 0.1) is 46.5 Å². The number of nitrogens with one attached hydrogen (secondary N) is 1. The number of benzene rings is 2. The molecule has 0 spiro atoms. The highest BCUT2D eigenvalue weighted by molar-refractivity contribution is 6.09. The third-order valence-corrected chi connectivity index (χ3v) is 4.02. The van der Waals surface area contributed by atoms with Gasteiger partial charge in [-0.3, -0.25) is 14.7 Å². The molecule has 2 aromatic carbocycles. The number of nitrogens with zero attached hydrogens (tertiary/aromatic N) is 1. The summed E-state index contributed by atoms with van der Waals surface area (Å²) in [4.78, 5) is 24.8. The number of hydrogen-bond acceptors (Lipinski definition) is 2. The zero-order chi connectivity index (χ0) is 23.4. The van der Waals surface area contributed by atoms with Crippen LogP contribution in [0.5, 0.6) is 0 Å². The summed E-state index contributed by atoms with van der Waals surface area (Å²) < 4.78 is 134. The third kappa shape index (κ3) is 3.37. The third-order valence-electron chi connectivity index (χ3n) is 4.02. The molecule has 31 heavy (non-hydrogen) atoms. The molecule has 0 fully saturated rings. The first kappa shape index (κ1) is 22.1. The van der Waals surface area contributed by atoms with Crippen LogP contribution in [0.4, 0.5) is 43.9 Å². The summed E-state index contributed by atoms with van der Waals surface area (Å²) in [6.45, 7) is 0. The van der Waals surface area contributed by atoms with Crippen LogP contribution < -0.4 is 5.56 Å². The number of aromatic amines is 1. The van der Waals surface area contributed by atoms with E-state index in [1.54, 1.807) is 0 Å². The van der Waals surface area contributed by atoms with Crippen molar-refractivity contribution in [1.82, 2.24) is 9.78 Å². The van der Waals surface area contributed by atoms with Crippen LogP contribution in [0.2, 0.25) is 0 Å². The fraction of sp³-hybridized carbons (Fsp3) is 0.0588. The van der Waals surface area contributed by atoms with E-state index in [-0.39, 0.29) is 12.1 Å². The van der Waals surface area contributed by atoms with Gasteiger partial charge in [0, 0.05) is 5.56 Å². The van der Waals surface area contributed by atoms with E-state index in [2.05, 4.69) is 0 Å². The Labute approximate surface area is 163 Å². The highest BCUT2D eigenvalue weighted by Gasteiger charge is 2.33. The molecular formula is C17H4F10N2O2. The molecule has 0 radical (unpaired) electrons. The molecule has 1 aromatic heterocycles. The van der Waals surface area contributed by atoms with E-state index >= 15 is 0 Å². The number of hydrogen-bond donors (Lipinski definition) is 1. The lowest BCUT2D eigenvalue weighted by Crippen LogP contribution is -2.24. The Morgan fingerprint density at radius 2 is 1.23 bits per heavy atom. The van der Waals surface area contributed by atoms with Crippen LogP contribution >= 0.6 is 0 Å². The summed E-state index contributed by atoms with van der Waals surface area (Å²) in [5, 5.41) is 1.35. The maximum atomic E-state index is 14.0. The van der Waals surface area contributed by atoms with Crippen molar-refractivity contribution in [2.75, 3.05) is 0 Å². The van der Waals surface area contributed by atoms with E-state index in [1.165, 1.54) is 5.10 Å². The molecule has 3 aromatic rings. The van der Waals surface area contributed by atoms with Crippen molar-refractivity contribution in [3.05, 3.63) is 85.8 Å². The molecule has 0 aliphatic heterocycles. The van der Waals surface area contributed by atoms with E-state index in [1.807, 2.05) is 0 Å². The topological polar surface area (TPSA) is 54.9 Å². The fourth-order valence-electron chi connectivity index (χ4n) is 2.61. The molecule has 0 aliphatic carbocycles. The van der Waals surface area contributed by atoms with Gasteiger partial charge in [0.05, 0.1) is 0 Å². The van der Waals surface area contributed by atoms with Gasteiger partial charge in [-0.05, 0) is 12.1 Å². The fourth-order valence-corrected chi connectivity index (χ4v) is 2.61. The van der Waals surface area contributed by atoms with E-state index in [0.29, 0.717) is 0 Å². The smallest absolute Gasteiger partial charge is 0.283 e. The second-order valence-electron chi connectivity index (χ2n) is 5.84. The van der Waals surface area contributed by atoms with Crippen molar-refractivity contribution in [1.29, 1.82) is 0 Å². The van der Waals surface area contributed by atoms with E-state index in [9.17, 15) is 53.5 Å². The maximum absolute atomic E-state index is 14.0. The first-order chi connectivity index (χ1) is 14.4. The van der Waals surface area contributed by atoms with Crippen LogP contribution in [0.25, 0.3) is 5.69 Å². The second kappa shape index (κ2) is 7.59. The normalized spacial score (nSPS) is 11.5. The quantitative estimate of drug-likeness (QED) is 0.272. The molecule has 0 aliphatic rings. The number of aromatic nitrogens is 2. The SMILES string of the molecule is O=C(c1cc(F)c(F)c(F)c1)c1c(C(F)F)[nH]n(-c2c(F)c(F)c(F)c(F)c2F)c1=O. The zero-order valence-corrected chi connectivity index (χ0v) is 14.3. The average Bonchev–Trinajstić information content (AvgIpc) is 3.05. The van der Waals surface area contributed by atoms with Crippen LogP contribution in [0.1, 0.15) is 28.0 Å². The molecule has 3 rings (SSSR count). The van der Waals surface area contributed by atoms with Gasteiger partial charge < -0.3 is 0 Å². The van der Waals surface area contributed by atoms with Gasteiger partial charge in [-0.2, -0.15) is 0 Å². The average molecular weight is 458 g/mol.